The van der Waals surface area contributed by atoms with Gasteiger partial charge in [0, 0.05) is 42.7 Å². The fourth-order valence-electron chi connectivity index (χ4n) is 2.52. The van der Waals surface area contributed by atoms with Gasteiger partial charge < -0.3 is 9.55 Å². The average molecular weight is 273 g/mol. The molecule has 0 spiro atoms. The third-order valence-electron chi connectivity index (χ3n) is 3.71. The van der Waals surface area contributed by atoms with Gasteiger partial charge in [0.25, 0.3) is 0 Å². The van der Waals surface area contributed by atoms with Gasteiger partial charge in [0.15, 0.2) is 11.6 Å². The predicted octanol–water partition coefficient (Wildman–Crippen LogP) is 3.80. The maximum atomic E-state index is 12.5. The minimum absolute atomic E-state index is 0.108. The summed E-state index contributed by atoms with van der Waals surface area (Å²) in [6.45, 7) is 8.41. The van der Waals surface area contributed by atoms with Crippen LogP contribution in [0.1, 0.15) is 62.4 Å². The van der Waals surface area contributed by atoms with E-state index in [-0.39, 0.29) is 17.7 Å². The number of rotatable bonds is 6. The number of Topliss-reactive ketones (excluding diaryl/α,β-unsaturated/α-hetero) is 1. The molecule has 2 rings (SSSR count). The molecule has 4 nitrogen and oxygen atoms in total. The van der Waals surface area contributed by atoms with Crippen molar-refractivity contribution in [1.29, 1.82) is 0 Å². The van der Waals surface area contributed by atoms with Gasteiger partial charge in [-0.1, -0.05) is 13.8 Å². The third kappa shape index (κ3) is 3.00. The van der Waals surface area contributed by atoms with Crippen molar-refractivity contribution in [2.24, 2.45) is 5.92 Å². The van der Waals surface area contributed by atoms with Crippen molar-refractivity contribution in [3.8, 4) is 0 Å². The molecule has 0 amide bonds. The molecule has 0 saturated carbocycles. The molecule has 0 bridgehead atoms. The molecule has 0 radical (unpaired) electrons. The van der Waals surface area contributed by atoms with E-state index in [2.05, 4.69) is 37.7 Å². The van der Waals surface area contributed by atoms with Crippen molar-refractivity contribution in [1.82, 2.24) is 14.5 Å². The summed E-state index contributed by atoms with van der Waals surface area (Å²) in [6.07, 6.45) is 5.97. The number of nitrogens with one attached hydrogen (secondary N) is 1. The van der Waals surface area contributed by atoms with E-state index < -0.39 is 0 Å². The summed E-state index contributed by atoms with van der Waals surface area (Å²) in [5.74, 6) is 1.28. The highest BCUT2D eigenvalue weighted by molar-refractivity contribution is 5.93. The second kappa shape index (κ2) is 6.07. The Labute approximate surface area is 120 Å². The Kier molecular flexibility index (Phi) is 4.42. The molecule has 0 aliphatic rings. The van der Waals surface area contributed by atoms with E-state index in [0.717, 1.165) is 5.69 Å². The van der Waals surface area contributed by atoms with E-state index in [1.54, 1.807) is 6.20 Å². The minimum atomic E-state index is 0.108. The third-order valence-corrected chi connectivity index (χ3v) is 3.71. The first kappa shape index (κ1) is 14.6. The Morgan fingerprint density at radius 1 is 1.35 bits per heavy atom. The summed E-state index contributed by atoms with van der Waals surface area (Å²) in [5.41, 5.74) is 1.12. The number of imidazole rings is 1. The zero-order chi connectivity index (χ0) is 14.7. The molecule has 0 aromatic carbocycles. The molecule has 2 heterocycles. The zero-order valence-corrected chi connectivity index (χ0v) is 12.6. The number of aromatic amines is 1. The Morgan fingerprint density at radius 2 is 2.10 bits per heavy atom. The normalized spacial score (nSPS) is 13.1. The second-order valence-corrected chi connectivity index (χ2v) is 5.86. The van der Waals surface area contributed by atoms with Gasteiger partial charge in [-0.3, -0.25) is 4.79 Å². The number of aromatic nitrogens is 3. The van der Waals surface area contributed by atoms with Crippen LogP contribution in [0.5, 0.6) is 0 Å². The monoisotopic (exact) mass is 273 g/mol. The lowest BCUT2D eigenvalue weighted by atomic mass is 9.88. The van der Waals surface area contributed by atoms with E-state index >= 15 is 0 Å². The molecule has 0 fully saturated rings. The van der Waals surface area contributed by atoms with Gasteiger partial charge in [0.1, 0.15) is 0 Å². The van der Waals surface area contributed by atoms with E-state index in [1.807, 2.05) is 29.1 Å². The van der Waals surface area contributed by atoms with Crippen molar-refractivity contribution in [2.45, 2.75) is 46.1 Å². The van der Waals surface area contributed by atoms with Crippen LogP contribution in [0.3, 0.4) is 0 Å². The average Bonchev–Trinajstić information content (AvgIpc) is 3.05. The molecule has 0 aliphatic carbocycles. The highest BCUT2D eigenvalue weighted by Crippen LogP contribution is 2.28. The summed E-state index contributed by atoms with van der Waals surface area (Å²) in [7, 11) is 0. The summed E-state index contributed by atoms with van der Waals surface area (Å²) in [6, 6.07) is 4.27. The first-order valence-corrected chi connectivity index (χ1v) is 7.20. The number of hydrogen-bond donors (Lipinski definition) is 1. The Bertz CT molecular complexity index is 552. The number of hydrogen-bond acceptors (Lipinski definition) is 2. The maximum absolute atomic E-state index is 12.5. The molecule has 1 N–H and O–H groups in total. The van der Waals surface area contributed by atoms with E-state index in [1.165, 1.54) is 0 Å². The van der Waals surface area contributed by atoms with Gasteiger partial charge in [-0.05, 0) is 31.9 Å². The van der Waals surface area contributed by atoms with Crippen LogP contribution >= 0.6 is 0 Å². The van der Waals surface area contributed by atoms with Crippen molar-refractivity contribution in [3.05, 3.63) is 42.2 Å². The van der Waals surface area contributed by atoms with Gasteiger partial charge in [0.2, 0.25) is 0 Å². The molecular formula is C16H23N3O. The molecule has 0 unspecified atom stereocenters. The topological polar surface area (TPSA) is 50.7 Å². The summed E-state index contributed by atoms with van der Waals surface area (Å²) >= 11 is 0. The van der Waals surface area contributed by atoms with Gasteiger partial charge >= 0.3 is 0 Å². The molecule has 20 heavy (non-hydrogen) atoms. The second-order valence-electron chi connectivity index (χ2n) is 5.86. The number of H-pyrrole nitrogens is 1. The van der Waals surface area contributed by atoms with Crippen LogP contribution in [0.2, 0.25) is 0 Å². The molecule has 4 heteroatoms. The standard InChI is InChI=1S/C16H23N3O/c1-11(2)13(14-6-5-7-17-14)10-15(20)16-18-8-9-19(16)12(3)4/h5-9,11-13,17H,10H2,1-4H3/t13-/m0/s1. The van der Waals surface area contributed by atoms with Crippen LogP contribution in [0.15, 0.2) is 30.7 Å². The van der Waals surface area contributed by atoms with Crippen LogP contribution < -0.4 is 0 Å². The zero-order valence-electron chi connectivity index (χ0n) is 12.6. The van der Waals surface area contributed by atoms with Crippen LogP contribution in [0.4, 0.5) is 0 Å². The van der Waals surface area contributed by atoms with Gasteiger partial charge in [-0.25, -0.2) is 4.98 Å². The van der Waals surface area contributed by atoms with Crippen LogP contribution in [-0.2, 0) is 0 Å². The van der Waals surface area contributed by atoms with Crippen molar-refractivity contribution in [2.75, 3.05) is 0 Å². The molecule has 0 aliphatic heterocycles. The van der Waals surface area contributed by atoms with Gasteiger partial charge in [-0.15, -0.1) is 0 Å². The molecule has 2 aromatic heterocycles. The van der Waals surface area contributed by atoms with Crippen molar-refractivity contribution >= 4 is 5.78 Å². The molecule has 108 valence electrons. The van der Waals surface area contributed by atoms with Crippen LogP contribution in [-0.4, -0.2) is 20.3 Å². The van der Waals surface area contributed by atoms with E-state index in [4.69, 9.17) is 0 Å². The molecule has 2 aromatic rings. The van der Waals surface area contributed by atoms with Gasteiger partial charge in [0.05, 0.1) is 0 Å². The molecule has 1 atom stereocenters. The summed E-state index contributed by atoms with van der Waals surface area (Å²) in [5, 5.41) is 0. The summed E-state index contributed by atoms with van der Waals surface area (Å²) in [4.78, 5) is 20.0. The number of ketones is 1. The largest absolute Gasteiger partial charge is 0.365 e. The van der Waals surface area contributed by atoms with Crippen molar-refractivity contribution in [3.63, 3.8) is 0 Å². The lowest BCUT2D eigenvalue weighted by Crippen LogP contribution is -2.17. The maximum Gasteiger partial charge on any atom is 0.198 e. The highest BCUT2D eigenvalue weighted by atomic mass is 16.1. The fourth-order valence-corrected chi connectivity index (χ4v) is 2.52. The first-order chi connectivity index (χ1) is 9.50. The number of nitrogens with zero attached hydrogens (tertiary/aromatic N) is 2. The number of carbonyl (C=O) groups is 1. The van der Waals surface area contributed by atoms with E-state index in [0.29, 0.717) is 18.2 Å². The lowest BCUT2D eigenvalue weighted by molar-refractivity contribution is 0.0949. The Hall–Kier alpha value is -1.84. The van der Waals surface area contributed by atoms with Crippen LogP contribution in [0, 0.1) is 5.92 Å². The molecular weight excluding hydrogens is 250 g/mol. The molecule has 0 saturated heterocycles. The smallest absolute Gasteiger partial charge is 0.198 e. The number of carbonyl (C=O) groups excluding carboxylic acids is 1. The SMILES string of the molecule is CC(C)[C@H](CC(=O)c1nccn1C(C)C)c1ccc[nH]1. The quantitative estimate of drug-likeness (QED) is 0.814. The van der Waals surface area contributed by atoms with E-state index in [9.17, 15) is 4.79 Å². The fraction of sp³-hybridized carbons (Fsp3) is 0.500. The lowest BCUT2D eigenvalue weighted by Gasteiger charge is -2.19. The minimum Gasteiger partial charge on any atom is -0.365 e. The first-order valence-electron chi connectivity index (χ1n) is 7.20. The van der Waals surface area contributed by atoms with Crippen molar-refractivity contribution < 1.29 is 4.79 Å². The van der Waals surface area contributed by atoms with Crippen LogP contribution in [0.25, 0.3) is 0 Å². The highest BCUT2D eigenvalue weighted by Gasteiger charge is 2.23. The Morgan fingerprint density at radius 3 is 2.65 bits per heavy atom. The van der Waals surface area contributed by atoms with Gasteiger partial charge in [-0.2, -0.15) is 0 Å². The summed E-state index contributed by atoms with van der Waals surface area (Å²) < 4.78 is 1.94. The Balaban J connectivity index is 2.19. The predicted molar refractivity (Wildman–Crippen MR) is 79.9 cm³/mol.